The van der Waals surface area contributed by atoms with Gasteiger partial charge in [0.15, 0.2) is 11.5 Å². The van der Waals surface area contributed by atoms with E-state index in [9.17, 15) is 19.8 Å². The van der Waals surface area contributed by atoms with Gasteiger partial charge in [-0.1, -0.05) is 6.07 Å². The van der Waals surface area contributed by atoms with E-state index in [1.54, 1.807) is 0 Å². The molecule has 2 rings (SSSR count). The van der Waals surface area contributed by atoms with Gasteiger partial charge in [-0.2, -0.15) is 0 Å². The van der Waals surface area contributed by atoms with Crippen LogP contribution < -0.4 is 0 Å². The van der Waals surface area contributed by atoms with Gasteiger partial charge >= 0.3 is 5.97 Å². The molecule has 0 atom stereocenters. The van der Waals surface area contributed by atoms with E-state index < -0.39 is 17.6 Å². The Morgan fingerprint density at radius 2 is 1.95 bits per heavy atom. The van der Waals surface area contributed by atoms with Gasteiger partial charge in [0.25, 0.3) is 5.91 Å². The van der Waals surface area contributed by atoms with Gasteiger partial charge in [-0.25, -0.2) is 0 Å². The molecule has 6 nitrogen and oxygen atoms in total. The highest BCUT2D eigenvalue weighted by Gasteiger charge is 2.34. The zero-order chi connectivity index (χ0) is 14.0. The van der Waals surface area contributed by atoms with Gasteiger partial charge in [-0.15, -0.1) is 0 Å². The van der Waals surface area contributed by atoms with Gasteiger partial charge in [0, 0.05) is 12.6 Å². The number of aromatic hydroxyl groups is 2. The van der Waals surface area contributed by atoms with Gasteiger partial charge in [0.1, 0.15) is 0 Å². The van der Waals surface area contributed by atoms with Crippen LogP contribution in [0.15, 0.2) is 18.2 Å². The van der Waals surface area contributed by atoms with Gasteiger partial charge < -0.3 is 20.2 Å². The summed E-state index contributed by atoms with van der Waals surface area (Å²) in [6.07, 6.45) is 1.54. The average molecular weight is 265 g/mol. The molecule has 0 radical (unpaired) electrons. The van der Waals surface area contributed by atoms with E-state index in [1.807, 2.05) is 0 Å². The predicted molar refractivity (Wildman–Crippen MR) is 66.1 cm³/mol. The zero-order valence-corrected chi connectivity index (χ0v) is 10.2. The minimum atomic E-state index is -0.974. The van der Waals surface area contributed by atoms with Crippen LogP contribution in [0.1, 0.15) is 29.6 Å². The molecule has 102 valence electrons. The fourth-order valence-corrected chi connectivity index (χ4v) is 1.91. The second kappa shape index (κ2) is 5.17. The Labute approximate surface area is 109 Å². The first-order chi connectivity index (χ1) is 9.00. The Bertz CT molecular complexity index is 510. The van der Waals surface area contributed by atoms with Gasteiger partial charge in [-0.05, 0) is 25.0 Å². The van der Waals surface area contributed by atoms with Crippen molar-refractivity contribution in [2.24, 2.45) is 0 Å². The van der Waals surface area contributed by atoms with Crippen molar-refractivity contribution < 1.29 is 24.9 Å². The third-order valence-corrected chi connectivity index (χ3v) is 3.06. The summed E-state index contributed by atoms with van der Waals surface area (Å²) in [6.45, 7) is 0.105. The topological polar surface area (TPSA) is 98.1 Å². The monoisotopic (exact) mass is 265 g/mol. The fourth-order valence-electron chi connectivity index (χ4n) is 1.91. The molecule has 1 amide bonds. The second-order valence-corrected chi connectivity index (χ2v) is 4.55. The normalized spacial score (nSPS) is 14.1. The SMILES string of the molecule is O=C(O)CCN(C(=O)c1cccc(O)c1O)C1CC1. The molecule has 3 N–H and O–H groups in total. The number of hydrogen-bond acceptors (Lipinski definition) is 4. The molecule has 0 spiro atoms. The Morgan fingerprint density at radius 1 is 1.26 bits per heavy atom. The molecule has 0 bridgehead atoms. The molecule has 6 heteroatoms. The largest absolute Gasteiger partial charge is 0.504 e. The Balaban J connectivity index is 2.19. The van der Waals surface area contributed by atoms with Crippen LogP contribution in [0.25, 0.3) is 0 Å². The quantitative estimate of drug-likeness (QED) is 0.694. The lowest BCUT2D eigenvalue weighted by Gasteiger charge is -2.22. The maximum Gasteiger partial charge on any atom is 0.305 e. The van der Waals surface area contributed by atoms with E-state index in [0.29, 0.717) is 0 Å². The Kier molecular flexibility index (Phi) is 3.59. The van der Waals surface area contributed by atoms with Crippen molar-refractivity contribution in [3.63, 3.8) is 0 Å². The van der Waals surface area contributed by atoms with Crippen LogP contribution in [0.4, 0.5) is 0 Å². The number of carboxylic acid groups (broad SMARTS) is 1. The lowest BCUT2D eigenvalue weighted by atomic mass is 10.1. The number of carbonyl (C=O) groups excluding carboxylic acids is 1. The maximum atomic E-state index is 12.3. The van der Waals surface area contributed by atoms with Crippen molar-refractivity contribution in [1.29, 1.82) is 0 Å². The number of rotatable bonds is 5. The van der Waals surface area contributed by atoms with Gasteiger partial charge in [0.05, 0.1) is 12.0 Å². The number of aliphatic carboxylic acids is 1. The molecule has 1 aromatic rings. The molecule has 1 aliphatic carbocycles. The molecule has 0 saturated heterocycles. The maximum absolute atomic E-state index is 12.3. The Morgan fingerprint density at radius 3 is 2.53 bits per heavy atom. The number of carboxylic acids is 1. The van der Waals surface area contributed by atoms with Gasteiger partial charge in [0.2, 0.25) is 0 Å². The van der Waals surface area contributed by atoms with E-state index in [2.05, 4.69) is 0 Å². The van der Waals surface area contributed by atoms with Crippen LogP contribution in [0.3, 0.4) is 0 Å². The van der Waals surface area contributed by atoms with Gasteiger partial charge in [-0.3, -0.25) is 9.59 Å². The molecular weight excluding hydrogens is 250 g/mol. The van der Waals surface area contributed by atoms with Crippen LogP contribution in [-0.2, 0) is 4.79 Å². The highest BCUT2D eigenvalue weighted by molar-refractivity contribution is 5.98. The number of para-hydroxylation sites is 1. The summed E-state index contributed by atoms with van der Waals surface area (Å²) in [5.74, 6) is -2.25. The lowest BCUT2D eigenvalue weighted by Crippen LogP contribution is -2.35. The van der Waals surface area contributed by atoms with Crippen molar-refractivity contribution in [3.8, 4) is 11.5 Å². The highest BCUT2D eigenvalue weighted by atomic mass is 16.4. The molecule has 19 heavy (non-hydrogen) atoms. The minimum absolute atomic E-state index is 0.00251. The molecule has 0 aromatic heterocycles. The number of amides is 1. The minimum Gasteiger partial charge on any atom is -0.504 e. The number of nitrogens with zero attached hydrogens (tertiary/aromatic N) is 1. The van der Waals surface area contributed by atoms with Crippen LogP contribution in [0.5, 0.6) is 11.5 Å². The molecule has 1 aliphatic rings. The molecule has 0 aliphatic heterocycles. The van der Waals surface area contributed by atoms with Crippen molar-refractivity contribution >= 4 is 11.9 Å². The van der Waals surface area contributed by atoms with Crippen molar-refractivity contribution in [2.75, 3.05) is 6.54 Å². The summed E-state index contributed by atoms with van der Waals surface area (Å²) < 4.78 is 0. The molecule has 0 heterocycles. The first-order valence-electron chi connectivity index (χ1n) is 6.04. The molecule has 0 unspecified atom stereocenters. The van der Waals surface area contributed by atoms with E-state index in [0.717, 1.165) is 12.8 Å². The molecule has 1 aromatic carbocycles. The summed E-state index contributed by atoms with van der Waals surface area (Å²) in [6, 6.07) is 4.19. The zero-order valence-electron chi connectivity index (χ0n) is 10.2. The van der Waals surface area contributed by atoms with Crippen LogP contribution >= 0.6 is 0 Å². The second-order valence-electron chi connectivity index (χ2n) is 4.55. The third kappa shape index (κ3) is 2.96. The predicted octanol–water partition coefficient (Wildman–Crippen LogP) is 1.18. The van der Waals surface area contributed by atoms with Crippen molar-refractivity contribution in [1.82, 2.24) is 4.90 Å². The Hall–Kier alpha value is -2.24. The summed E-state index contributed by atoms with van der Waals surface area (Å²) in [5, 5.41) is 27.8. The fraction of sp³-hybridized carbons (Fsp3) is 0.385. The van der Waals surface area contributed by atoms with Crippen molar-refractivity contribution in [3.05, 3.63) is 23.8 Å². The van der Waals surface area contributed by atoms with E-state index in [4.69, 9.17) is 5.11 Å². The number of carbonyl (C=O) groups is 2. The molecular formula is C13H15NO5. The summed E-state index contributed by atoms with van der Waals surface area (Å²) in [5.41, 5.74) is -0.00251. The summed E-state index contributed by atoms with van der Waals surface area (Å²) >= 11 is 0. The van der Waals surface area contributed by atoms with Crippen LogP contribution in [0.2, 0.25) is 0 Å². The smallest absolute Gasteiger partial charge is 0.305 e. The number of phenols is 2. The third-order valence-electron chi connectivity index (χ3n) is 3.06. The first kappa shape index (κ1) is 13.2. The lowest BCUT2D eigenvalue weighted by molar-refractivity contribution is -0.137. The number of hydrogen-bond donors (Lipinski definition) is 3. The molecule has 1 fully saturated rings. The standard InChI is InChI=1S/C13H15NO5/c15-10-3-1-2-9(12(10)18)13(19)14(8-4-5-8)7-6-11(16)17/h1-3,8,15,18H,4-7H2,(H,16,17). The van der Waals surface area contributed by atoms with Crippen LogP contribution in [-0.4, -0.2) is 44.7 Å². The summed E-state index contributed by atoms with van der Waals surface area (Å²) in [7, 11) is 0. The highest BCUT2D eigenvalue weighted by Crippen LogP contribution is 2.33. The molecule has 1 saturated carbocycles. The van der Waals surface area contributed by atoms with Crippen molar-refractivity contribution in [2.45, 2.75) is 25.3 Å². The van der Waals surface area contributed by atoms with E-state index >= 15 is 0 Å². The van der Waals surface area contributed by atoms with E-state index in [-0.39, 0.29) is 30.3 Å². The number of phenolic OH excluding ortho intramolecular Hbond substituents is 2. The number of benzene rings is 1. The van der Waals surface area contributed by atoms with Crippen LogP contribution in [0, 0.1) is 0 Å². The van der Waals surface area contributed by atoms with E-state index in [1.165, 1.54) is 23.1 Å². The average Bonchev–Trinajstić information content (AvgIpc) is 3.17. The first-order valence-corrected chi connectivity index (χ1v) is 6.04. The summed E-state index contributed by atoms with van der Waals surface area (Å²) in [4.78, 5) is 24.3.